The first-order valence-electron chi connectivity index (χ1n) is 8.51. The zero-order chi connectivity index (χ0) is 16.8. The number of aryl methyl sites for hydroxylation is 1. The minimum absolute atomic E-state index is 0.101. The molecule has 0 bridgehead atoms. The fourth-order valence-corrected chi connectivity index (χ4v) is 2.72. The smallest absolute Gasteiger partial charge is 0.315 e. The predicted octanol–water partition coefficient (Wildman–Crippen LogP) is 3.82. The Hall–Kier alpha value is -2.49. The number of amides is 2. The van der Waals surface area contributed by atoms with Gasteiger partial charge >= 0.3 is 6.03 Å². The molecule has 2 amide bonds. The number of urea groups is 1. The molecule has 2 N–H and O–H groups in total. The van der Waals surface area contributed by atoms with Crippen molar-refractivity contribution in [3.8, 4) is 5.75 Å². The van der Waals surface area contributed by atoms with Gasteiger partial charge < -0.3 is 15.4 Å². The molecule has 126 valence electrons. The number of carbonyl (C=O) groups is 1. The molecule has 2 aromatic rings. The minimum Gasteiger partial charge on any atom is -0.492 e. The highest BCUT2D eigenvalue weighted by atomic mass is 16.5. The summed E-state index contributed by atoms with van der Waals surface area (Å²) < 4.78 is 5.62. The second kappa shape index (κ2) is 7.86. The summed E-state index contributed by atoms with van der Waals surface area (Å²) in [5.74, 6) is 1.38. The van der Waals surface area contributed by atoms with E-state index in [-0.39, 0.29) is 12.1 Å². The summed E-state index contributed by atoms with van der Waals surface area (Å²) in [5.41, 5.74) is 2.37. The van der Waals surface area contributed by atoms with Gasteiger partial charge in [-0.1, -0.05) is 48.0 Å². The number of nitrogens with one attached hydrogen (secondary N) is 2. The Bertz CT molecular complexity index is 651. The van der Waals surface area contributed by atoms with Gasteiger partial charge in [0.15, 0.2) is 0 Å². The molecule has 0 aliphatic heterocycles. The summed E-state index contributed by atoms with van der Waals surface area (Å²) in [6, 6.07) is 18.0. The second-order valence-corrected chi connectivity index (χ2v) is 6.29. The molecule has 3 rings (SSSR count). The lowest BCUT2D eigenvalue weighted by atomic mass is 10.0. The van der Waals surface area contributed by atoms with Crippen LogP contribution < -0.4 is 15.4 Å². The molecule has 4 nitrogen and oxygen atoms in total. The van der Waals surface area contributed by atoms with E-state index >= 15 is 0 Å². The van der Waals surface area contributed by atoms with Gasteiger partial charge in [-0.2, -0.15) is 0 Å². The molecule has 0 radical (unpaired) electrons. The fourth-order valence-electron chi connectivity index (χ4n) is 2.72. The van der Waals surface area contributed by atoms with E-state index in [9.17, 15) is 4.79 Å². The van der Waals surface area contributed by atoms with Gasteiger partial charge in [-0.15, -0.1) is 0 Å². The van der Waals surface area contributed by atoms with Crippen LogP contribution in [0.15, 0.2) is 54.6 Å². The third-order valence-electron chi connectivity index (χ3n) is 4.22. The largest absolute Gasteiger partial charge is 0.492 e. The summed E-state index contributed by atoms with van der Waals surface area (Å²) in [6.07, 6.45) is 2.35. The maximum absolute atomic E-state index is 12.1. The third kappa shape index (κ3) is 4.75. The molecule has 24 heavy (non-hydrogen) atoms. The summed E-state index contributed by atoms with van der Waals surface area (Å²) in [4.78, 5) is 12.1. The van der Waals surface area contributed by atoms with Crippen molar-refractivity contribution >= 4 is 6.03 Å². The number of rotatable bonds is 7. The first-order valence-corrected chi connectivity index (χ1v) is 8.51. The average Bonchev–Trinajstić information content (AvgIpc) is 3.44. The lowest BCUT2D eigenvalue weighted by Gasteiger charge is -2.19. The van der Waals surface area contributed by atoms with Crippen LogP contribution in [0, 0.1) is 12.8 Å². The van der Waals surface area contributed by atoms with Gasteiger partial charge in [-0.3, -0.25) is 0 Å². The molecular weight excluding hydrogens is 300 g/mol. The summed E-state index contributed by atoms with van der Waals surface area (Å²) in [6.45, 7) is 2.97. The summed E-state index contributed by atoms with van der Waals surface area (Å²) in [5, 5.41) is 5.97. The summed E-state index contributed by atoms with van der Waals surface area (Å²) >= 11 is 0. The van der Waals surface area contributed by atoms with E-state index in [2.05, 4.69) is 22.8 Å². The zero-order valence-electron chi connectivity index (χ0n) is 14.0. The lowest BCUT2D eigenvalue weighted by Crippen LogP contribution is -2.40. The van der Waals surface area contributed by atoms with Crippen LogP contribution in [-0.4, -0.2) is 19.2 Å². The molecule has 0 spiro atoms. The van der Waals surface area contributed by atoms with Gasteiger partial charge in [0.05, 0.1) is 12.6 Å². The highest BCUT2D eigenvalue weighted by Gasteiger charge is 2.33. The fraction of sp³-hybridized carbons (Fsp3) is 0.350. The van der Waals surface area contributed by atoms with E-state index in [0.29, 0.717) is 19.1 Å². The van der Waals surface area contributed by atoms with Crippen molar-refractivity contribution in [2.24, 2.45) is 5.92 Å². The Balaban J connectivity index is 1.42. The normalized spacial score (nSPS) is 14.7. The number of benzene rings is 2. The Labute approximate surface area is 143 Å². The van der Waals surface area contributed by atoms with Gasteiger partial charge in [-0.05, 0) is 43.4 Å². The molecule has 0 saturated heterocycles. The van der Waals surface area contributed by atoms with Gasteiger partial charge in [0.25, 0.3) is 0 Å². The van der Waals surface area contributed by atoms with Crippen LogP contribution in [0.25, 0.3) is 0 Å². The molecule has 4 heteroatoms. The van der Waals surface area contributed by atoms with Crippen LogP contribution >= 0.6 is 0 Å². The molecule has 1 aliphatic rings. The Morgan fingerprint density at radius 2 is 1.83 bits per heavy atom. The van der Waals surface area contributed by atoms with Crippen molar-refractivity contribution in [2.75, 3.05) is 13.2 Å². The van der Waals surface area contributed by atoms with E-state index < -0.39 is 0 Å². The average molecular weight is 324 g/mol. The highest BCUT2D eigenvalue weighted by Crippen LogP contribution is 2.40. The SMILES string of the molecule is Cc1ccc(OCCNC(=O)NC(c2ccccc2)C2CC2)cc1. The molecule has 1 fully saturated rings. The van der Waals surface area contributed by atoms with Crippen LogP contribution in [0.5, 0.6) is 5.75 Å². The molecule has 2 aromatic carbocycles. The van der Waals surface area contributed by atoms with Gasteiger partial charge in [-0.25, -0.2) is 4.79 Å². The Morgan fingerprint density at radius 3 is 2.50 bits per heavy atom. The number of hydrogen-bond acceptors (Lipinski definition) is 2. The van der Waals surface area contributed by atoms with Gasteiger partial charge in [0.1, 0.15) is 12.4 Å². The van der Waals surface area contributed by atoms with E-state index in [4.69, 9.17) is 4.74 Å². The molecule has 1 aliphatic carbocycles. The minimum atomic E-state index is -0.136. The molecule has 0 aromatic heterocycles. The van der Waals surface area contributed by atoms with Gasteiger partial charge in [0, 0.05) is 0 Å². The van der Waals surface area contributed by atoms with E-state index in [1.807, 2.05) is 49.4 Å². The predicted molar refractivity (Wildman–Crippen MR) is 95.1 cm³/mol. The number of hydrogen-bond donors (Lipinski definition) is 2. The Kier molecular flexibility index (Phi) is 5.36. The van der Waals surface area contributed by atoms with Crippen LogP contribution in [0.4, 0.5) is 4.79 Å². The van der Waals surface area contributed by atoms with Crippen LogP contribution in [0.1, 0.15) is 30.0 Å². The van der Waals surface area contributed by atoms with Crippen molar-refractivity contribution < 1.29 is 9.53 Å². The maximum atomic E-state index is 12.1. The molecule has 1 saturated carbocycles. The van der Waals surface area contributed by atoms with Crippen molar-refractivity contribution in [3.63, 3.8) is 0 Å². The summed E-state index contributed by atoms with van der Waals surface area (Å²) in [7, 11) is 0. The van der Waals surface area contributed by atoms with Crippen molar-refractivity contribution in [1.82, 2.24) is 10.6 Å². The molecular formula is C20H24N2O2. The topological polar surface area (TPSA) is 50.4 Å². The first-order chi connectivity index (χ1) is 11.7. The molecule has 1 atom stereocenters. The van der Waals surface area contributed by atoms with Crippen molar-refractivity contribution in [2.45, 2.75) is 25.8 Å². The van der Waals surface area contributed by atoms with Crippen molar-refractivity contribution in [1.29, 1.82) is 0 Å². The maximum Gasteiger partial charge on any atom is 0.315 e. The van der Waals surface area contributed by atoms with E-state index in [1.165, 1.54) is 24.0 Å². The lowest BCUT2D eigenvalue weighted by molar-refractivity contribution is 0.231. The van der Waals surface area contributed by atoms with Crippen LogP contribution in [0.2, 0.25) is 0 Å². The molecule has 0 heterocycles. The standard InChI is InChI=1S/C20H24N2O2/c1-15-7-11-18(12-8-15)24-14-13-21-20(23)22-19(17-9-10-17)16-5-3-2-4-6-16/h2-8,11-12,17,19H,9-10,13-14H2,1H3,(H2,21,22,23). The van der Waals surface area contributed by atoms with Gasteiger partial charge in [0.2, 0.25) is 0 Å². The van der Waals surface area contributed by atoms with Crippen LogP contribution in [-0.2, 0) is 0 Å². The van der Waals surface area contributed by atoms with E-state index in [0.717, 1.165) is 5.75 Å². The zero-order valence-corrected chi connectivity index (χ0v) is 14.0. The third-order valence-corrected chi connectivity index (χ3v) is 4.22. The van der Waals surface area contributed by atoms with E-state index in [1.54, 1.807) is 0 Å². The van der Waals surface area contributed by atoms with Crippen LogP contribution in [0.3, 0.4) is 0 Å². The first kappa shape index (κ1) is 16.4. The highest BCUT2D eigenvalue weighted by molar-refractivity contribution is 5.74. The quantitative estimate of drug-likeness (QED) is 0.761. The Morgan fingerprint density at radius 1 is 1.12 bits per heavy atom. The second-order valence-electron chi connectivity index (χ2n) is 6.29. The molecule has 1 unspecified atom stereocenters. The monoisotopic (exact) mass is 324 g/mol. The number of ether oxygens (including phenoxy) is 1. The number of carbonyl (C=O) groups excluding carboxylic acids is 1. The van der Waals surface area contributed by atoms with Crippen molar-refractivity contribution in [3.05, 3.63) is 65.7 Å².